The van der Waals surface area contributed by atoms with E-state index in [1.807, 2.05) is 6.92 Å². The van der Waals surface area contributed by atoms with Crippen molar-refractivity contribution in [3.05, 3.63) is 64.7 Å². The second kappa shape index (κ2) is 6.78. The molecule has 0 radical (unpaired) electrons. The molecular weight excluding hydrogens is 350 g/mol. The molecule has 0 aromatic heterocycles. The molecule has 0 aliphatic carbocycles. The smallest absolute Gasteiger partial charge is 0.417 e. The first-order chi connectivity index (χ1) is 11.5. The normalized spacial score (nSPS) is 12.1. The minimum Gasteiger partial charge on any atom is -0.423 e. The Bertz CT molecular complexity index is 777. The number of rotatable bonds is 3. The summed E-state index contributed by atoms with van der Waals surface area (Å²) < 4.78 is 82.1. The fourth-order valence-corrected chi connectivity index (χ4v) is 2.13. The van der Waals surface area contributed by atoms with E-state index in [9.17, 15) is 31.1 Å². The van der Waals surface area contributed by atoms with Crippen molar-refractivity contribution < 1.29 is 35.9 Å². The highest BCUT2D eigenvalue weighted by atomic mass is 19.4. The van der Waals surface area contributed by atoms with Crippen molar-refractivity contribution in [2.45, 2.75) is 25.7 Å². The lowest BCUT2D eigenvalue weighted by Crippen LogP contribution is -2.19. The van der Waals surface area contributed by atoms with Gasteiger partial charge in [0.05, 0.1) is 16.7 Å². The van der Waals surface area contributed by atoms with Gasteiger partial charge in [0.2, 0.25) is 0 Å². The largest absolute Gasteiger partial charge is 0.423 e. The first-order valence-electron chi connectivity index (χ1n) is 7.12. The summed E-state index contributed by atoms with van der Waals surface area (Å²) in [7, 11) is 0. The Morgan fingerprint density at radius 3 is 2.20 bits per heavy atom. The van der Waals surface area contributed by atoms with Gasteiger partial charge >= 0.3 is 18.3 Å². The van der Waals surface area contributed by atoms with Gasteiger partial charge in [0.25, 0.3) is 0 Å². The predicted octanol–water partition coefficient (Wildman–Crippen LogP) is 5.51. The number of alkyl halides is 6. The van der Waals surface area contributed by atoms with Gasteiger partial charge in [0.15, 0.2) is 0 Å². The molecule has 0 aliphatic rings. The third kappa shape index (κ3) is 4.52. The van der Waals surface area contributed by atoms with Crippen molar-refractivity contribution >= 4 is 5.97 Å². The summed E-state index contributed by atoms with van der Waals surface area (Å²) in [5.74, 6) is -1.55. The van der Waals surface area contributed by atoms with E-state index in [0.717, 1.165) is 5.56 Å². The average molecular weight is 362 g/mol. The highest BCUT2D eigenvalue weighted by Gasteiger charge is 2.39. The van der Waals surface area contributed by atoms with Crippen LogP contribution in [0.15, 0.2) is 42.5 Å². The lowest BCUT2D eigenvalue weighted by atomic mass is 10.0. The van der Waals surface area contributed by atoms with Gasteiger partial charge in [-0.1, -0.05) is 19.1 Å². The van der Waals surface area contributed by atoms with Gasteiger partial charge < -0.3 is 4.74 Å². The van der Waals surface area contributed by atoms with Crippen LogP contribution >= 0.6 is 0 Å². The van der Waals surface area contributed by atoms with Crippen LogP contribution in [-0.4, -0.2) is 5.97 Å². The molecule has 0 atom stereocenters. The van der Waals surface area contributed by atoms with Crippen molar-refractivity contribution in [3.8, 4) is 5.75 Å². The molecule has 0 bridgehead atoms. The average Bonchev–Trinajstić information content (AvgIpc) is 2.52. The molecule has 8 heteroatoms. The number of benzene rings is 2. The van der Waals surface area contributed by atoms with E-state index in [1.165, 1.54) is 18.2 Å². The number of carbonyl (C=O) groups is 1. The maximum absolute atomic E-state index is 13.0. The molecule has 0 amide bonds. The van der Waals surface area contributed by atoms with Gasteiger partial charge in [-0.3, -0.25) is 0 Å². The molecule has 0 heterocycles. The maximum Gasteiger partial charge on any atom is 0.417 e. The standard InChI is InChI=1S/C17H12F6O2/c1-2-10-4-3-5-12(8-10)25-15(24)13-9-11(16(18,19)20)6-7-14(13)17(21,22)23/h3-9H,2H2,1H3. The number of esters is 1. The number of ether oxygens (including phenoxy) is 1. The second-order valence-electron chi connectivity index (χ2n) is 5.15. The highest BCUT2D eigenvalue weighted by molar-refractivity contribution is 5.93. The summed E-state index contributed by atoms with van der Waals surface area (Å²) >= 11 is 0. The van der Waals surface area contributed by atoms with Gasteiger partial charge in [0, 0.05) is 0 Å². The first kappa shape index (κ1) is 18.8. The van der Waals surface area contributed by atoms with Gasteiger partial charge in [-0.25, -0.2) is 4.79 Å². The van der Waals surface area contributed by atoms with Crippen molar-refractivity contribution in [2.24, 2.45) is 0 Å². The third-order valence-electron chi connectivity index (χ3n) is 3.39. The zero-order chi connectivity index (χ0) is 18.8. The monoisotopic (exact) mass is 362 g/mol. The maximum atomic E-state index is 13.0. The Labute approximate surface area is 139 Å². The number of hydrogen-bond acceptors (Lipinski definition) is 2. The van der Waals surface area contributed by atoms with E-state index in [4.69, 9.17) is 4.74 Å². The molecule has 2 aromatic rings. The van der Waals surface area contributed by atoms with Crippen molar-refractivity contribution in [1.29, 1.82) is 0 Å². The van der Waals surface area contributed by atoms with Gasteiger partial charge in [-0.05, 0) is 42.3 Å². The summed E-state index contributed by atoms with van der Waals surface area (Å²) in [6, 6.07) is 6.64. The first-order valence-corrected chi connectivity index (χ1v) is 7.12. The molecule has 0 spiro atoms. The van der Waals surface area contributed by atoms with Crippen LogP contribution in [0.2, 0.25) is 0 Å². The highest BCUT2D eigenvalue weighted by Crippen LogP contribution is 2.37. The topological polar surface area (TPSA) is 26.3 Å². The summed E-state index contributed by atoms with van der Waals surface area (Å²) in [6.07, 6.45) is -9.30. The minimum absolute atomic E-state index is 0.0464. The number of hydrogen-bond donors (Lipinski definition) is 0. The predicted molar refractivity (Wildman–Crippen MR) is 77.2 cm³/mol. The molecule has 0 N–H and O–H groups in total. The van der Waals surface area contributed by atoms with Crippen LogP contribution in [0.5, 0.6) is 5.75 Å². The molecule has 25 heavy (non-hydrogen) atoms. The second-order valence-corrected chi connectivity index (χ2v) is 5.15. The summed E-state index contributed by atoms with van der Waals surface area (Å²) in [5, 5.41) is 0. The molecule has 2 nitrogen and oxygen atoms in total. The van der Waals surface area contributed by atoms with E-state index in [2.05, 4.69) is 0 Å². The van der Waals surface area contributed by atoms with Crippen LogP contribution in [0.1, 0.15) is 34.0 Å². The summed E-state index contributed by atoms with van der Waals surface area (Å²) in [6.45, 7) is 1.81. The fourth-order valence-electron chi connectivity index (χ4n) is 2.13. The Kier molecular flexibility index (Phi) is 5.10. The molecule has 0 unspecified atom stereocenters. The Hall–Kier alpha value is -2.51. The van der Waals surface area contributed by atoms with Crippen LogP contribution in [0.3, 0.4) is 0 Å². The quantitative estimate of drug-likeness (QED) is 0.409. The van der Waals surface area contributed by atoms with Crippen LogP contribution in [0.25, 0.3) is 0 Å². The molecule has 0 fully saturated rings. The lowest BCUT2D eigenvalue weighted by molar-refractivity contribution is -0.141. The van der Waals surface area contributed by atoms with E-state index in [-0.39, 0.29) is 23.9 Å². The van der Waals surface area contributed by atoms with Crippen molar-refractivity contribution in [1.82, 2.24) is 0 Å². The zero-order valence-corrected chi connectivity index (χ0v) is 12.8. The van der Waals surface area contributed by atoms with Crippen LogP contribution in [-0.2, 0) is 18.8 Å². The zero-order valence-electron chi connectivity index (χ0n) is 12.8. The Morgan fingerprint density at radius 2 is 1.64 bits per heavy atom. The summed E-state index contributed by atoms with van der Waals surface area (Å²) in [5.41, 5.74) is -3.29. The van der Waals surface area contributed by atoms with Gasteiger partial charge in [0.1, 0.15) is 5.75 Å². The SMILES string of the molecule is CCc1cccc(OC(=O)c2cc(C(F)(F)F)ccc2C(F)(F)F)c1. The van der Waals surface area contributed by atoms with Crippen LogP contribution < -0.4 is 4.74 Å². The molecule has 2 aromatic carbocycles. The molecule has 134 valence electrons. The van der Waals surface area contributed by atoms with E-state index in [0.29, 0.717) is 6.42 Å². The van der Waals surface area contributed by atoms with Crippen LogP contribution in [0.4, 0.5) is 26.3 Å². The number of aryl methyl sites for hydroxylation is 1. The summed E-state index contributed by atoms with van der Waals surface area (Å²) in [4.78, 5) is 12.1. The van der Waals surface area contributed by atoms with Crippen molar-refractivity contribution in [3.63, 3.8) is 0 Å². The fraction of sp³-hybridized carbons (Fsp3) is 0.235. The molecule has 2 rings (SSSR count). The molecular formula is C17H12F6O2. The van der Waals surface area contributed by atoms with Crippen molar-refractivity contribution in [2.75, 3.05) is 0 Å². The van der Waals surface area contributed by atoms with E-state index < -0.39 is 35.0 Å². The molecule has 0 saturated heterocycles. The van der Waals surface area contributed by atoms with E-state index in [1.54, 1.807) is 6.07 Å². The Balaban J connectivity index is 2.45. The number of halogens is 6. The van der Waals surface area contributed by atoms with Gasteiger partial charge in [-0.2, -0.15) is 26.3 Å². The van der Waals surface area contributed by atoms with Crippen LogP contribution in [0, 0.1) is 0 Å². The molecule has 0 aliphatic heterocycles. The minimum atomic E-state index is -5.00. The molecule has 0 saturated carbocycles. The van der Waals surface area contributed by atoms with E-state index >= 15 is 0 Å². The number of carbonyl (C=O) groups excluding carboxylic acids is 1. The Morgan fingerprint density at radius 1 is 0.960 bits per heavy atom. The third-order valence-corrected chi connectivity index (χ3v) is 3.39. The van der Waals surface area contributed by atoms with Gasteiger partial charge in [-0.15, -0.1) is 0 Å². The lowest BCUT2D eigenvalue weighted by Gasteiger charge is -2.15.